The summed E-state index contributed by atoms with van der Waals surface area (Å²) in [5, 5.41) is 5.12. The Labute approximate surface area is 193 Å². The number of hydrogen-bond donors (Lipinski definition) is 2. The summed E-state index contributed by atoms with van der Waals surface area (Å²) >= 11 is 6.39. The summed E-state index contributed by atoms with van der Waals surface area (Å²) in [5.41, 5.74) is 5.75. The number of aromatic amines is 1. The Morgan fingerprint density at radius 1 is 1.06 bits per heavy atom. The van der Waals surface area contributed by atoms with E-state index in [1.165, 1.54) is 27.6 Å². The first kappa shape index (κ1) is 21.0. The topological polar surface area (TPSA) is 56.8 Å². The molecule has 0 unspecified atom stereocenters. The van der Waals surface area contributed by atoms with Gasteiger partial charge in [0.15, 0.2) is 0 Å². The molecule has 2 N–H and O–H groups in total. The molecule has 2 aromatic heterocycles. The van der Waals surface area contributed by atoms with Crippen LogP contribution in [0.3, 0.4) is 0 Å². The number of hydrogen-bond acceptors (Lipinski definition) is 4. The van der Waals surface area contributed by atoms with E-state index in [-0.39, 0.29) is 5.54 Å². The number of rotatable bonds is 6. The molecule has 5 rings (SSSR count). The summed E-state index contributed by atoms with van der Waals surface area (Å²) in [6, 6.07) is 19.0. The van der Waals surface area contributed by atoms with Gasteiger partial charge in [-0.15, -0.1) is 0 Å². The maximum absolute atomic E-state index is 6.39. The fraction of sp³-hybridized carbons (Fsp3) is 0.308. The fourth-order valence-corrected chi connectivity index (χ4v) is 4.93. The van der Waals surface area contributed by atoms with Gasteiger partial charge in [0.05, 0.1) is 11.2 Å². The van der Waals surface area contributed by atoms with Gasteiger partial charge in [-0.2, -0.15) is 0 Å². The predicted molar refractivity (Wildman–Crippen MR) is 131 cm³/mol. The van der Waals surface area contributed by atoms with Crippen molar-refractivity contribution in [3.8, 4) is 0 Å². The Hall–Kier alpha value is -2.89. The van der Waals surface area contributed by atoms with Crippen LogP contribution in [0.5, 0.6) is 0 Å². The van der Waals surface area contributed by atoms with Crippen molar-refractivity contribution >= 4 is 28.3 Å². The van der Waals surface area contributed by atoms with E-state index in [0.29, 0.717) is 5.28 Å². The minimum atomic E-state index is -0.233. The average Bonchev–Trinajstić information content (AvgIpc) is 3.20. The van der Waals surface area contributed by atoms with Gasteiger partial charge < -0.3 is 10.3 Å². The minimum Gasteiger partial charge on any atom is -0.369 e. The highest BCUT2D eigenvalue weighted by Crippen LogP contribution is 2.38. The molecule has 1 aliphatic heterocycles. The third-order valence-electron chi connectivity index (χ3n) is 6.56. The Kier molecular flexibility index (Phi) is 5.62. The first-order valence-electron chi connectivity index (χ1n) is 11.2. The van der Waals surface area contributed by atoms with Crippen LogP contribution in [0.15, 0.2) is 60.8 Å². The van der Waals surface area contributed by atoms with Crippen molar-refractivity contribution in [1.82, 2.24) is 19.9 Å². The van der Waals surface area contributed by atoms with Gasteiger partial charge in [-0.25, -0.2) is 9.97 Å². The zero-order valence-corrected chi connectivity index (χ0v) is 19.3. The summed E-state index contributed by atoms with van der Waals surface area (Å²) in [5.74, 6) is 0.868. The quantitative estimate of drug-likeness (QED) is 0.381. The molecule has 5 nitrogen and oxygen atoms in total. The number of benzene rings is 2. The second kappa shape index (κ2) is 8.57. The number of aromatic nitrogens is 3. The highest BCUT2D eigenvalue weighted by molar-refractivity contribution is 6.28. The smallest absolute Gasteiger partial charge is 0.224 e. The molecule has 4 aromatic rings. The summed E-state index contributed by atoms with van der Waals surface area (Å²) in [7, 11) is 0. The standard InChI is InChI=1S/C26H28ClN5/c1-26(2)23-21(13-15-32(26)17-18-8-4-3-5-9-18)24(31-25(27)30-23)28-14-12-19-16-29-22-11-7-6-10-20(19)22/h3-11,16,29H,12-15,17H2,1-2H3,(H,28,30,31). The van der Waals surface area contributed by atoms with E-state index < -0.39 is 0 Å². The molecule has 0 fully saturated rings. The lowest BCUT2D eigenvalue weighted by atomic mass is 9.87. The molecule has 1 aliphatic rings. The van der Waals surface area contributed by atoms with Crippen LogP contribution in [-0.4, -0.2) is 32.9 Å². The van der Waals surface area contributed by atoms with Crippen LogP contribution in [0.25, 0.3) is 10.9 Å². The van der Waals surface area contributed by atoms with Crippen LogP contribution in [0.4, 0.5) is 5.82 Å². The third kappa shape index (κ3) is 3.98. The van der Waals surface area contributed by atoms with E-state index in [9.17, 15) is 0 Å². The molecule has 0 aliphatic carbocycles. The van der Waals surface area contributed by atoms with Gasteiger partial charge in [-0.1, -0.05) is 48.5 Å². The maximum Gasteiger partial charge on any atom is 0.224 e. The van der Waals surface area contributed by atoms with E-state index >= 15 is 0 Å². The molecule has 0 atom stereocenters. The van der Waals surface area contributed by atoms with Crippen LogP contribution >= 0.6 is 11.6 Å². The van der Waals surface area contributed by atoms with E-state index in [1.54, 1.807) is 0 Å². The van der Waals surface area contributed by atoms with Crippen LogP contribution in [0.1, 0.15) is 36.2 Å². The Morgan fingerprint density at radius 3 is 2.69 bits per heavy atom. The molecule has 0 radical (unpaired) electrons. The Morgan fingerprint density at radius 2 is 1.84 bits per heavy atom. The lowest BCUT2D eigenvalue weighted by molar-refractivity contribution is 0.0936. The van der Waals surface area contributed by atoms with Gasteiger partial charge in [-0.3, -0.25) is 4.90 Å². The first-order chi connectivity index (χ1) is 15.5. The zero-order valence-electron chi connectivity index (χ0n) is 18.5. The van der Waals surface area contributed by atoms with E-state index in [0.717, 1.165) is 44.0 Å². The number of anilines is 1. The number of H-pyrrole nitrogens is 1. The van der Waals surface area contributed by atoms with Crippen molar-refractivity contribution in [1.29, 1.82) is 0 Å². The Bertz CT molecular complexity index is 1230. The molecule has 2 aromatic carbocycles. The van der Waals surface area contributed by atoms with Crippen molar-refractivity contribution in [2.24, 2.45) is 0 Å². The van der Waals surface area contributed by atoms with Gasteiger partial charge in [0.25, 0.3) is 0 Å². The highest BCUT2D eigenvalue weighted by Gasteiger charge is 2.37. The molecular formula is C26H28ClN5. The van der Waals surface area contributed by atoms with Crippen LogP contribution in [0.2, 0.25) is 5.28 Å². The fourth-order valence-electron chi connectivity index (χ4n) is 4.76. The number of fused-ring (bicyclic) bond motifs is 2. The number of nitrogens with zero attached hydrogens (tertiary/aromatic N) is 3. The SMILES string of the molecule is CC1(C)c2nc(Cl)nc(NCCc3c[nH]c4ccccc34)c2CCN1Cc1ccccc1. The summed E-state index contributed by atoms with van der Waals surface area (Å²) in [6.07, 6.45) is 3.90. The Balaban J connectivity index is 1.35. The molecule has 0 saturated heterocycles. The zero-order chi connectivity index (χ0) is 22.1. The number of nitrogens with one attached hydrogen (secondary N) is 2. The van der Waals surface area contributed by atoms with Gasteiger partial charge in [0.1, 0.15) is 5.82 Å². The lowest BCUT2D eigenvalue weighted by Crippen LogP contribution is -2.47. The van der Waals surface area contributed by atoms with Gasteiger partial charge in [0, 0.05) is 42.3 Å². The second-order valence-corrected chi connectivity index (χ2v) is 9.26. The number of para-hydroxylation sites is 1. The van der Waals surface area contributed by atoms with E-state index in [1.807, 2.05) is 0 Å². The van der Waals surface area contributed by atoms with Crippen LogP contribution in [0, 0.1) is 0 Å². The first-order valence-corrected chi connectivity index (χ1v) is 11.5. The molecule has 0 saturated carbocycles. The van der Waals surface area contributed by atoms with E-state index in [4.69, 9.17) is 11.6 Å². The van der Waals surface area contributed by atoms with Gasteiger partial charge in [0.2, 0.25) is 5.28 Å². The molecule has 164 valence electrons. The predicted octanol–water partition coefficient (Wildman–Crippen LogP) is 5.56. The third-order valence-corrected chi connectivity index (χ3v) is 6.73. The summed E-state index contributed by atoms with van der Waals surface area (Å²) < 4.78 is 0. The minimum absolute atomic E-state index is 0.233. The highest BCUT2D eigenvalue weighted by atomic mass is 35.5. The van der Waals surface area contributed by atoms with Gasteiger partial charge >= 0.3 is 0 Å². The molecule has 3 heterocycles. The lowest BCUT2D eigenvalue weighted by Gasteiger charge is -2.43. The van der Waals surface area contributed by atoms with E-state index in [2.05, 4.69) is 99.8 Å². The molecule has 0 spiro atoms. The molecule has 6 heteroatoms. The molecule has 0 bridgehead atoms. The van der Waals surface area contributed by atoms with Gasteiger partial charge in [-0.05, 0) is 55.5 Å². The second-order valence-electron chi connectivity index (χ2n) is 8.92. The molecular weight excluding hydrogens is 418 g/mol. The maximum atomic E-state index is 6.39. The molecule has 32 heavy (non-hydrogen) atoms. The van der Waals surface area contributed by atoms with Crippen LogP contribution < -0.4 is 5.32 Å². The summed E-state index contributed by atoms with van der Waals surface area (Å²) in [4.78, 5) is 15.1. The van der Waals surface area contributed by atoms with Crippen LogP contribution in [-0.2, 0) is 24.9 Å². The largest absolute Gasteiger partial charge is 0.369 e. The van der Waals surface area contributed by atoms with Crippen molar-refractivity contribution in [2.45, 2.75) is 38.8 Å². The van der Waals surface area contributed by atoms with Crippen molar-refractivity contribution in [3.05, 3.63) is 88.5 Å². The normalized spacial score (nSPS) is 15.6. The number of halogens is 1. The average molecular weight is 446 g/mol. The van der Waals surface area contributed by atoms with Crippen molar-refractivity contribution in [3.63, 3.8) is 0 Å². The molecule has 0 amide bonds. The van der Waals surface area contributed by atoms with Crippen molar-refractivity contribution < 1.29 is 0 Å². The monoisotopic (exact) mass is 445 g/mol. The van der Waals surface area contributed by atoms with Crippen molar-refractivity contribution in [2.75, 3.05) is 18.4 Å². The summed E-state index contributed by atoms with van der Waals surface area (Å²) in [6.45, 7) is 7.09.